The van der Waals surface area contributed by atoms with Crippen molar-refractivity contribution in [2.75, 3.05) is 0 Å². The summed E-state index contributed by atoms with van der Waals surface area (Å²) in [6, 6.07) is 57.2. The molecule has 8 heteroatoms. The van der Waals surface area contributed by atoms with Gasteiger partial charge in [-0.25, -0.2) is 29.9 Å². The second-order valence-corrected chi connectivity index (χ2v) is 14.6. The Labute approximate surface area is 324 Å². The zero-order valence-corrected chi connectivity index (χ0v) is 30.5. The minimum Gasteiger partial charge on any atom is -0.455 e. The van der Waals surface area contributed by atoms with Crippen LogP contribution in [0.4, 0.5) is 0 Å². The van der Waals surface area contributed by atoms with Gasteiger partial charge in [0.25, 0.3) is 0 Å². The van der Waals surface area contributed by atoms with Gasteiger partial charge < -0.3 is 4.42 Å². The molecule has 0 unspecified atom stereocenters. The smallest absolute Gasteiger partial charge is 0.167 e. The molecule has 0 N–H and O–H groups in total. The number of fused-ring (bicyclic) bond motifs is 6. The van der Waals surface area contributed by atoms with Crippen LogP contribution < -0.4 is 0 Å². The van der Waals surface area contributed by atoms with Crippen molar-refractivity contribution < 1.29 is 4.42 Å². The number of nitrogens with zero attached hydrogens (tertiary/aromatic N) is 6. The van der Waals surface area contributed by atoms with Gasteiger partial charge in [0.05, 0.1) is 5.56 Å². The first-order chi connectivity index (χ1) is 27.7. The van der Waals surface area contributed by atoms with E-state index in [9.17, 15) is 0 Å². The molecule has 0 aliphatic carbocycles. The van der Waals surface area contributed by atoms with E-state index < -0.39 is 0 Å². The van der Waals surface area contributed by atoms with Crippen LogP contribution >= 0.6 is 11.3 Å². The Hall–Kier alpha value is -7.42. The molecule has 0 saturated heterocycles. The van der Waals surface area contributed by atoms with E-state index in [2.05, 4.69) is 54.6 Å². The normalized spacial score (nSPS) is 11.6. The number of hydrogen-bond acceptors (Lipinski definition) is 8. The SMILES string of the molecule is c1ccc(-c2nc(-c3ccccc3)nc(-c3ccc4oc5c(-c6nc(-c7ccccc7)nc(-c7ccc8sc9ccccc9c8c7)n6)cccc5c4c3)n2)cc1. The van der Waals surface area contributed by atoms with Crippen LogP contribution in [0.25, 0.3) is 110 Å². The molecule has 0 radical (unpaired) electrons. The summed E-state index contributed by atoms with van der Waals surface area (Å²) < 4.78 is 9.13. The van der Waals surface area contributed by atoms with Crippen LogP contribution in [0, 0.1) is 0 Å². The number of rotatable bonds is 6. The summed E-state index contributed by atoms with van der Waals surface area (Å²) in [5.74, 6) is 3.52. The predicted octanol–water partition coefficient (Wildman–Crippen LogP) is 12.3. The van der Waals surface area contributed by atoms with Crippen LogP contribution in [0.5, 0.6) is 0 Å². The summed E-state index contributed by atoms with van der Waals surface area (Å²) in [7, 11) is 0. The van der Waals surface area contributed by atoms with Crippen molar-refractivity contribution in [3.63, 3.8) is 0 Å². The first kappa shape index (κ1) is 32.0. The van der Waals surface area contributed by atoms with Gasteiger partial charge in [-0.2, -0.15) is 0 Å². The summed E-state index contributed by atoms with van der Waals surface area (Å²) in [6.07, 6.45) is 0. The van der Waals surface area contributed by atoms with Gasteiger partial charge in [0.15, 0.2) is 34.9 Å². The van der Waals surface area contributed by atoms with Gasteiger partial charge in [0.1, 0.15) is 11.2 Å². The standard InChI is InChI=1S/C48H28N6OS/c1-4-13-29(14-5-1)43-49-44(30-15-6-2-7-16-30)51-46(50-43)32-23-25-39-37(27-32)35-20-12-21-36(42(35)55-39)48-53-45(31-17-8-3-9-18-31)52-47(54-48)33-24-26-41-38(28-33)34-19-10-11-22-40(34)56-41/h1-28H. The Morgan fingerprint density at radius 2 is 0.786 bits per heavy atom. The number of aromatic nitrogens is 6. The van der Waals surface area contributed by atoms with Crippen LogP contribution in [-0.2, 0) is 0 Å². The summed E-state index contributed by atoms with van der Waals surface area (Å²) in [4.78, 5) is 30.0. The van der Waals surface area contributed by atoms with Crippen molar-refractivity contribution in [1.82, 2.24) is 29.9 Å². The van der Waals surface area contributed by atoms with Crippen LogP contribution in [0.2, 0.25) is 0 Å². The summed E-state index contributed by atoms with van der Waals surface area (Å²) in [5.41, 5.74) is 6.73. The van der Waals surface area contributed by atoms with Crippen molar-refractivity contribution >= 4 is 53.4 Å². The second kappa shape index (κ2) is 13.2. The highest BCUT2D eigenvalue weighted by atomic mass is 32.1. The van der Waals surface area contributed by atoms with E-state index in [1.807, 2.05) is 115 Å². The van der Waals surface area contributed by atoms with Crippen LogP contribution in [0.3, 0.4) is 0 Å². The fraction of sp³-hybridized carbons (Fsp3) is 0. The molecule has 56 heavy (non-hydrogen) atoms. The average Bonchev–Trinajstić information content (AvgIpc) is 3.85. The third-order valence-electron chi connectivity index (χ3n) is 10.00. The van der Waals surface area contributed by atoms with E-state index >= 15 is 0 Å². The molecule has 11 aromatic rings. The maximum Gasteiger partial charge on any atom is 0.167 e. The maximum absolute atomic E-state index is 6.65. The Morgan fingerprint density at radius 1 is 0.321 bits per heavy atom. The minimum atomic E-state index is 0.534. The Morgan fingerprint density at radius 3 is 1.39 bits per heavy atom. The fourth-order valence-corrected chi connectivity index (χ4v) is 8.34. The van der Waals surface area contributed by atoms with E-state index in [1.54, 1.807) is 11.3 Å². The lowest BCUT2D eigenvalue weighted by molar-refractivity contribution is 0.669. The molecule has 262 valence electrons. The zero-order valence-electron chi connectivity index (χ0n) is 29.7. The fourth-order valence-electron chi connectivity index (χ4n) is 7.26. The third-order valence-corrected chi connectivity index (χ3v) is 11.1. The Kier molecular flexibility index (Phi) is 7.53. The maximum atomic E-state index is 6.65. The largest absolute Gasteiger partial charge is 0.455 e. The monoisotopic (exact) mass is 736 g/mol. The number of thiophene rings is 1. The molecular formula is C48H28N6OS. The van der Waals surface area contributed by atoms with Gasteiger partial charge >= 0.3 is 0 Å². The van der Waals surface area contributed by atoms with Crippen molar-refractivity contribution in [3.05, 3.63) is 170 Å². The molecular weight excluding hydrogens is 709 g/mol. The lowest BCUT2D eigenvalue weighted by atomic mass is 10.1. The van der Waals surface area contributed by atoms with E-state index in [4.69, 9.17) is 34.3 Å². The highest BCUT2D eigenvalue weighted by Gasteiger charge is 2.20. The lowest BCUT2D eigenvalue weighted by Crippen LogP contribution is -2.00. The summed E-state index contributed by atoms with van der Waals surface area (Å²) >= 11 is 1.79. The lowest BCUT2D eigenvalue weighted by Gasteiger charge is -2.09. The molecule has 0 aliphatic rings. The molecule has 7 aromatic carbocycles. The molecule has 4 heterocycles. The predicted molar refractivity (Wildman–Crippen MR) is 226 cm³/mol. The average molecular weight is 737 g/mol. The molecule has 0 bridgehead atoms. The molecule has 11 rings (SSSR count). The Bertz CT molecular complexity index is 3200. The van der Waals surface area contributed by atoms with Gasteiger partial charge in [-0.3, -0.25) is 0 Å². The van der Waals surface area contributed by atoms with Gasteiger partial charge in [0, 0.05) is 58.8 Å². The van der Waals surface area contributed by atoms with Crippen LogP contribution in [0.15, 0.2) is 174 Å². The number of hydrogen-bond donors (Lipinski definition) is 0. The van der Waals surface area contributed by atoms with Crippen molar-refractivity contribution in [3.8, 4) is 68.3 Å². The van der Waals surface area contributed by atoms with Crippen LogP contribution in [-0.4, -0.2) is 29.9 Å². The van der Waals surface area contributed by atoms with E-state index in [-0.39, 0.29) is 0 Å². The first-order valence-corrected chi connectivity index (χ1v) is 19.1. The first-order valence-electron chi connectivity index (χ1n) is 18.3. The highest BCUT2D eigenvalue weighted by molar-refractivity contribution is 7.25. The van der Waals surface area contributed by atoms with Gasteiger partial charge in [0.2, 0.25) is 0 Å². The second-order valence-electron chi connectivity index (χ2n) is 13.5. The summed E-state index contributed by atoms with van der Waals surface area (Å²) in [5, 5.41) is 4.29. The van der Waals surface area contributed by atoms with Crippen molar-refractivity contribution in [1.29, 1.82) is 0 Å². The molecule has 0 saturated carbocycles. The molecule has 4 aromatic heterocycles. The molecule has 0 amide bonds. The molecule has 7 nitrogen and oxygen atoms in total. The number of furan rings is 1. The number of para-hydroxylation sites is 1. The van der Waals surface area contributed by atoms with Gasteiger partial charge in [-0.15, -0.1) is 11.3 Å². The van der Waals surface area contributed by atoms with Crippen LogP contribution in [0.1, 0.15) is 0 Å². The zero-order chi connectivity index (χ0) is 37.0. The Balaban J connectivity index is 1.07. The van der Waals surface area contributed by atoms with Crippen molar-refractivity contribution in [2.45, 2.75) is 0 Å². The van der Waals surface area contributed by atoms with E-state index in [1.165, 1.54) is 20.2 Å². The quantitative estimate of drug-likeness (QED) is 0.168. The number of benzene rings is 7. The van der Waals surface area contributed by atoms with E-state index in [0.29, 0.717) is 40.5 Å². The third kappa shape index (κ3) is 5.59. The molecule has 0 atom stereocenters. The molecule has 0 fully saturated rings. The minimum absolute atomic E-state index is 0.534. The molecule has 0 spiro atoms. The van der Waals surface area contributed by atoms with Crippen molar-refractivity contribution in [2.24, 2.45) is 0 Å². The topological polar surface area (TPSA) is 90.5 Å². The van der Waals surface area contributed by atoms with Gasteiger partial charge in [-0.1, -0.05) is 121 Å². The summed E-state index contributed by atoms with van der Waals surface area (Å²) in [6.45, 7) is 0. The van der Waals surface area contributed by atoms with Gasteiger partial charge in [-0.05, 0) is 48.5 Å². The molecule has 0 aliphatic heterocycles. The van der Waals surface area contributed by atoms with E-state index in [0.717, 1.165) is 49.7 Å². The highest BCUT2D eigenvalue weighted by Crippen LogP contribution is 2.39.